The molecule has 11 heteroatoms. The molecule has 0 atom stereocenters. The highest BCUT2D eigenvalue weighted by Gasteiger charge is 2.11. The third kappa shape index (κ3) is 3.22. The smallest absolute Gasteiger partial charge is 0.358 e. The summed E-state index contributed by atoms with van der Waals surface area (Å²) in [5.74, 6) is -1.14. The van der Waals surface area contributed by atoms with Crippen LogP contribution in [0.5, 0.6) is 0 Å². The number of thiazole rings is 1. The third-order valence-electron chi connectivity index (χ3n) is 2.05. The fourth-order valence-corrected chi connectivity index (χ4v) is 1.87. The Morgan fingerprint density at radius 1 is 1.63 bits per heavy atom. The lowest BCUT2D eigenvalue weighted by atomic mass is 10.5. The van der Waals surface area contributed by atoms with Crippen molar-refractivity contribution in [2.45, 2.75) is 6.54 Å². The number of rotatable bonds is 6. The largest absolute Gasteiger partial charge is 0.476 e. The summed E-state index contributed by atoms with van der Waals surface area (Å²) in [6.07, 6.45) is 2.47. The summed E-state index contributed by atoms with van der Waals surface area (Å²) in [6, 6.07) is 0. The van der Waals surface area contributed by atoms with E-state index in [1.807, 2.05) is 0 Å². The molecule has 0 saturated heterocycles. The molecule has 0 aliphatic carbocycles. The average molecular weight is 284 g/mol. The van der Waals surface area contributed by atoms with E-state index >= 15 is 0 Å². The summed E-state index contributed by atoms with van der Waals surface area (Å²) in [4.78, 5) is 24.3. The molecule has 10 nitrogen and oxygen atoms in total. The first kappa shape index (κ1) is 12.9. The highest BCUT2D eigenvalue weighted by molar-refractivity contribution is 7.18. The van der Waals surface area contributed by atoms with Gasteiger partial charge in [-0.05, 0) is 11.3 Å². The molecule has 0 unspecified atom stereocenters. The molecule has 2 N–H and O–H groups in total. The third-order valence-corrected chi connectivity index (χ3v) is 2.96. The van der Waals surface area contributed by atoms with Gasteiger partial charge in [-0.2, -0.15) is 0 Å². The van der Waals surface area contributed by atoms with E-state index in [1.165, 1.54) is 17.1 Å². The maximum absolute atomic E-state index is 10.6. The maximum atomic E-state index is 10.6. The fraction of sp³-hybridized carbons (Fsp3) is 0.250. The molecule has 0 spiro atoms. The van der Waals surface area contributed by atoms with Crippen LogP contribution in [0.4, 0.5) is 10.1 Å². The van der Waals surface area contributed by atoms with Crippen molar-refractivity contribution in [2.24, 2.45) is 0 Å². The number of nitro groups is 1. The van der Waals surface area contributed by atoms with Crippen LogP contribution in [0.2, 0.25) is 0 Å². The van der Waals surface area contributed by atoms with E-state index in [-0.39, 0.29) is 10.7 Å². The van der Waals surface area contributed by atoms with E-state index in [4.69, 9.17) is 5.11 Å². The van der Waals surface area contributed by atoms with Crippen molar-refractivity contribution in [2.75, 3.05) is 11.9 Å². The number of carboxylic acid groups (broad SMARTS) is 1. The Hall–Kier alpha value is -2.56. The van der Waals surface area contributed by atoms with Crippen LogP contribution in [0.25, 0.3) is 0 Å². The summed E-state index contributed by atoms with van der Waals surface area (Å²) in [7, 11) is 0. The number of hydrogen-bond donors (Lipinski definition) is 2. The predicted molar refractivity (Wildman–Crippen MR) is 64.2 cm³/mol. The quantitative estimate of drug-likeness (QED) is 0.576. The van der Waals surface area contributed by atoms with Gasteiger partial charge >= 0.3 is 11.0 Å². The van der Waals surface area contributed by atoms with Gasteiger partial charge in [-0.25, -0.2) is 14.5 Å². The van der Waals surface area contributed by atoms with Crippen molar-refractivity contribution >= 4 is 27.4 Å². The summed E-state index contributed by atoms with van der Waals surface area (Å²) >= 11 is 0.926. The molecule has 0 fully saturated rings. The Kier molecular flexibility index (Phi) is 3.66. The van der Waals surface area contributed by atoms with Crippen LogP contribution in [-0.2, 0) is 6.54 Å². The number of carboxylic acids is 1. The molecule has 0 saturated carbocycles. The van der Waals surface area contributed by atoms with Crippen molar-refractivity contribution < 1.29 is 14.8 Å². The van der Waals surface area contributed by atoms with Crippen LogP contribution in [-0.4, -0.2) is 42.5 Å². The highest BCUT2D eigenvalue weighted by atomic mass is 32.1. The van der Waals surface area contributed by atoms with Crippen molar-refractivity contribution in [1.29, 1.82) is 0 Å². The minimum absolute atomic E-state index is 0.0450. The van der Waals surface area contributed by atoms with Crippen LogP contribution >= 0.6 is 11.3 Å². The van der Waals surface area contributed by atoms with Gasteiger partial charge in [0.05, 0.1) is 17.7 Å². The molecule has 2 aromatic rings. The maximum Gasteiger partial charge on any atom is 0.358 e. The molecule has 2 heterocycles. The van der Waals surface area contributed by atoms with E-state index in [0.29, 0.717) is 18.2 Å². The summed E-state index contributed by atoms with van der Waals surface area (Å²) < 4.78 is 1.36. The first-order valence-electron chi connectivity index (χ1n) is 5.04. The molecule has 0 bridgehead atoms. The molecule has 0 aromatic carbocycles. The standard InChI is InChI=1S/C8H8N6O4S/c15-7(16)5-4-13(12-11-5)2-1-9-8-10-3-6(19-8)14(17)18/h3-4H,1-2H2,(H,9,10)(H,15,16). The average Bonchev–Trinajstić information content (AvgIpc) is 2.97. The molecule has 0 radical (unpaired) electrons. The van der Waals surface area contributed by atoms with Crippen molar-refractivity contribution in [1.82, 2.24) is 20.0 Å². The van der Waals surface area contributed by atoms with E-state index in [2.05, 4.69) is 20.6 Å². The first-order chi connectivity index (χ1) is 9.06. The molecule has 0 aliphatic rings. The second-order valence-electron chi connectivity index (χ2n) is 3.36. The summed E-state index contributed by atoms with van der Waals surface area (Å²) in [6.45, 7) is 0.765. The molecule has 0 aliphatic heterocycles. The second-order valence-corrected chi connectivity index (χ2v) is 4.37. The van der Waals surface area contributed by atoms with Crippen LogP contribution in [0.1, 0.15) is 10.5 Å². The second kappa shape index (κ2) is 5.39. The first-order valence-corrected chi connectivity index (χ1v) is 5.85. The minimum Gasteiger partial charge on any atom is -0.476 e. The lowest BCUT2D eigenvalue weighted by Gasteiger charge is -2.00. The van der Waals surface area contributed by atoms with Crippen molar-refractivity contribution in [3.8, 4) is 0 Å². The van der Waals surface area contributed by atoms with Crippen LogP contribution < -0.4 is 5.32 Å². The molecular weight excluding hydrogens is 276 g/mol. The number of nitrogens with one attached hydrogen (secondary N) is 1. The van der Waals surface area contributed by atoms with E-state index < -0.39 is 10.9 Å². The van der Waals surface area contributed by atoms with E-state index in [0.717, 1.165) is 11.3 Å². The zero-order valence-corrected chi connectivity index (χ0v) is 10.2. The van der Waals surface area contributed by atoms with Gasteiger partial charge in [-0.15, -0.1) is 5.10 Å². The predicted octanol–water partition coefficient (Wildman–Crippen LogP) is 0.453. The lowest BCUT2D eigenvalue weighted by molar-refractivity contribution is -0.380. The lowest BCUT2D eigenvalue weighted by Crippen LogP contribution is -2.10. The van der Waals surface area contributed by atoms with Gasteiger partial charge in [-0.3, -0.25) is 10.1 Å². The number of hydrogen-bond acceptors (Lipinski definition) is 8. The molecule has 19 heavy (non-hydrogen) atoms. The number of aromatic nitrogens is 4. The van der Waals surface area contributed by atoms with Gasteiger partial charge in [0.15, 0.2) is 10.8 Å². The van der Waals surface area contributed by atoms with Crippen LogP contribution in [0.3, 0.4) is 0 Å². The molecular formula is C8H8N6O4S. The SMILES string of the molecule is O=C(O)c1cn(CCNc2ncc([N+](=O)[O-])s2)nn1. The van der Waals surface area contributed by atoms with Crippen LogP contribution in [0.15, 0.2) is 12.4 Å². The Labute approximate surface area is 109 Å². The Morgan fingerprint density at radius 3 is 3.00 bits per heavy atom. The number of carbonyl (C=O) groups is 1. The molecule has 2 rings (SSSR count). The monoisotopic (exact) mass is 284 g/mol. The fourth-order valence-electron chi connectivity index (χ4n) is 1.21. The Morgan fingerprint density at radius 2 is 2.42 bits per heavy atom. The van der Waals surface area contributed by atoms with Crippen LogP contribution in [0, 0.1) is 10.1 Å². The molecule has 0 amide bonds. The summed E-state index contributed by atoms with van der Waals surface area (Å²) in [5, 5.41) is 29.4. The Balaban J connectivity index is 1.85. The minimum atomic E-state index is -1.14. The van der Waals surface area contributed by atoms with Gasteiger partial charge in [0.1, 0.15) is 6.20 Å². The number of nitrogens with zero attached hydrogens (tertiary/aromatic N) is 5. The van der Waals surface area contributed by atoms with Gasteiger partial charge in [0, 0.05) is 6.54 Å². The normalized spacial score (nSPS) is 10.3. The molecule has 2 aromatic heterocycles. The topological polar surface area (TPSA) is 136 Å². The van der Waals surface area contributed by atoms with Gasteiger partial charge < -0.3 is 10.4 Å². The van der Waals surface area contributed by atoms with Crippen molar-refractivity contribution in [3.63, 3.8) is 0 Å². The van der Waals surface area contributed by atoms with E-state index in [9.17, 15) is 14.9 Å². The Bertz CT molecular complexity index is 556. The zero-order valence-electron chi connectivity index (χ0n) is 9.39. The summed E-state index contributed by atoms with van der Waals surface area (Å²) in [5.41, 5.74) is -0.134. The molecule has 100 valence electrons. The van der Waals surface area contributed by atoms with Gasteiger partial charge in [0.25, 0.3) is 0 Å². The van der Waals surface area contributed by atoms with Crippen molar-refractivity contribution in [3.05, 3.63) is 28.2 Å². The highest BCUT2D eigenvalue weighted by Crippen LogP contribution is 2.24. The number of aromatic carboxylic acids is 1. The van der Waals surface area contributed by atoms with E-state index in [1.54, 1.807) is 0 Å². The number of anilines is 1. The van der Waals surface area contributed by atoms with Gasteiger partial charge in [0.2, 0.25) is 0 Å². The zero-order chi connectivity index (χ0) is 13.8. The van der Waals surface area contributed by atoms with Gasteiger partial charge in [-0.1, -0.05) is 5.21 Å².